The number of hydrogen-bond donors (Lipinski definition) is 4. The average molecular weight is 935 g/mol. The fourth-order valence-corrected chi connectivity index (χ4v) is 9.92. The van der Waals surface area contributed by atoms with Gasteiger partial charge in [0.2, 0.25) is 0 Å². The number of carboxylic acid groups (broad SMARTS) is 3. The van der Waals surface area contributed by atoms with Crippen LogP contribution >= 0.6 is 0 Å². The fourth-order valence-electron chi connectivity index (χ4n) is 9.92. The Morgan fingerprint density at radius 3 is 0.614 bits per heavy atom. The van der Waals surface area contributed by atoms with Gasteiger partial charge in [0, 0.05) is 43.6 Å². The number of rotatable bonds is 15. The second kappa shape index (κ2) is 18.2. The molecule has 70 heavy (non-hydrogen) atoms. The molecule has 0 radical (unpaired) electrons. The molecule has 0 aliphatic heterocycles. The van der Waals surface area contributed by atoms with Gasteiger partial charge in [-0.3, -0.25) is 0 Å². The standard InChI is InChI=1S/C63H66O7/c1-58(2,42-19-13-39(14-20-42)55(65)66)45-25-27-48(28-26-45)61(7,8)51-37-52(62(9,10)49-33-29-46(30-34-49)59(3,4)43-21-15-40(16-22-43)56(67)68)54(64)53(38-51)63(11,12)50-35-31-47(32-36-50)60(5,6)44-23-17-41(18-24-44)57(69)70/h13-38,64H,1-12H3,(H,65,66)(H,67,68)(H,69,70). The van der Waals surface area contributed by atoms with E-state index in [1.54, 1.807) is 36.4 Å². The SMILES string of the molecule is CC(C)(c1ccc(C(=O)O)cc1)c1ccc(C(C)(C)c2cc(C(C)(C)c3ccc(C(C)(C)c4ccc(C(=O)O)cc4)cc3)c(O)c(C(C)(C)c3ccc(C(C)(C)c4ccc(C(=O)O)cc4)cc3)c2)cc1. The minimum atomic E-state index is -0.958. The summed E-state index contributed by atoms with van der Waals surface area (Å²) in [7, 11) is 0. The lowest BCUT2D eigenvalue weighted by molar-refractivity contribution is 0.0686. The van der Waals surface area contributed by atoms with Gasteiger partial charge in [0.1, 0.15) is 5.75 Å². The maximum absolute atomic E-state index is 12.8. The normalized spacial score (nSPS) is 12.7. The molecule has 0 heterocycles. The molecule has 0 amide bonds. The summed E-state index contributed by atoms with van der Waals surface area (Å²) in [5.41, 5.74) is 9.70. The van der Waals surface area contributed by atoms with E-state index < -0.39 is 50.4 Å². The zero-order valence-corrected chi connectivity index (χ0v) is 42.5. The van der Waals surface area contributed by atoms with Crippen LogP contribution in [0.2, 0.25) is 0 Å². The van der Waals surface area contributed by atoms with E-state index in [-0.39, 0.29) is 22.4 Å². The van der Waals surface area contributed by atoms with Gasteiger partial charge in [0.05, 0.1) is 16.7 Å². The number of carboxylic acids is 3. The van der Waals surface area contributed by atoms with Crippen molar-refractivity contribution in [2.45, 2.75) is 116 Å². The van der Waals surface area contributed by atoms with Crippen molar-refractivity contribution in [1.29, 1.82) is 0 Å². The fraction of sp³-hybridized carbons (Fsp3) is 0.286. The van der Waals surface area contributed by atoms with Crippen molar-refractivity contribution in [3.05, 3.63) is 241 Å². The molecule has 0 spiro atoms. The molecule has 7 nitrogen and oxygen atoms in total. The number of aromatic hydroxyl groups is 1. The Balaban J connectivity index is 1.31. The largest absolute Gasteiger partial charge is 0.507 e. The molecule has 0 fully saturated rings. The molecular weight excluding hydrogens is 869 g/mol. The third kappa shape index (κ3) is 9.30. The lowest BCUT2D eigenvalue weighted by atomic mass is 9.67. The van der Waals surface area contributed by atoms with Crippen LogP contribution in [0.1, 0.15) is 181 Å². The molecule has 0 aliphatic carbocycles. The Labute approximate surface area is 413 Å². The van der Waals surface area contributed by atoms with Crippen LogP contribution in [0.4, 0.5) is 0 Å². The van der Waals surface area contributed by atoms with Crippen molar-refractivity contribution in [1.82, 2.24) is 0 Å². The molecule has 0 unspecified atom stereocenters. The van der Waals surface area contributed by atoms with E-state index in [0.29, 0.717) is 0 Å². The first-order valence-corrected chi connectivity index (χ1v) is 23.8. The van der Waals surface area contributed by atoms with Crippen molar-refractivity contribution >= 4 is 17.9 Å². The van der Waals surface area contributed by atoms with E-state index in [0.717, 1.165) is 66.8 Å². The van der Waals surface area contributed by atoms with E-state index in [2.05, 4.69) is 168 Å². The second-order valence-electron chi connectivity index (χ2n) is 22.0. The highest BCUT2D eigenvalue weighted by molar-refractivity contribution is 5.88. The van der Waals surface area contributed by atoms with Crippen molar-refractivity contribution in [2.75, 3.05) is 0 Å². The maximum Gasteiger partial charge on any atom is 0.335 e. The molecule has 0 saturated heterocycles. The molecule has 7 aromatic rings. The Hall–Kier alpha value is -7.25. The molecule has 360 valence electrons. The molecule has 0 bridgehead atoms. The molecule has 0 atom stereocenters. The summed E-state index contributed by atoms with van der Waals surface area (Å²) in [5.74, 6) is -2.64. The first kappa shape index (κ1) is 50.6. The predicted molar refractivity (Wildman–Crippen MR) is 280 cm³/mol. The minimum absolute atomic E-state index is 0.228. The third-order valence-corrected chi connectivity index (χ3v) is 15.7. The first-order chi connectivity index (χ1) is 32.6. The average Bonchev–Trinajstić information content (AvgIpc) is 3.34. The van der Waals surface area contributed by atoms with E-state index in [4.69, 9.17) is 0 Å². The van der Waals surface area contributed by atoms with Gasteiger partial charge in [0.25, 0.3) is 0 Å². The van der Waals surface area contributed by atoms with E-state index in [1.807, 2.05) is 36.4 Å². The summed E-state index contributed by atoms with van der Waals surface area (Å²) in [4.78, 5) is 34.7. The van der Waals surface area contributed by atoms with Gasteiger partial charge in [-0.05, 0) is 92.0 Å². The summed E-state index contributed by atoms with van der Waals surface area (Å²) in [6, 6.07) is 51.2. The van der Waals surface area contributed by atoms with Crippen molar-refractivity contribution in [3.63, 3.8) is 0 Å². The zero-order valence-electron chi connectivity index (χ0n) is 42.5. The van der Waals surface area contributed by atoms with Crippen LogP contribution in [-0.2, 0) is 32.5 Å². The molecule has 7 heteroatoms. The third-order valence-electron chi connectivity index (χ3n) is 15.7. The highest BCUT2D eigenvalue weighted by atomic mass is 16.4. The Morgan fingerprint density at radius 2 is 0.429 bits per heavy atom. The van der Waals surface area contributed by atoms with Gasteiger partial charge < -0.3 is 20.4 Å². The number of carbonyl (C=O) groups is 3. The number of phenols is 1. The van der Waals surface area contributed by atoms with Gasteiger partial charge in [-0.15, -0.1) is 0 Å². The van der Waals surface area contributed by atoms with Crippen molar-refractivity contribution in [3.8, 4) is 5.75 Å². The van der Waals surface area contributed by atoms with Crippen LogP contribution in [0.15, 0.2) is 158 Å². The minimum Gasteiger partial charge on any atom is -0.507 e. The molecule has 0 saturated carbocycles. The molecule has 4 N–H and O–H groups in total. The molecule has 0 aromatic heterocycles. The summed E-state index contributed by atoms with van der Waals surface area (Å²) >= 11 is 0. The Morgan fingerprint density at radius 1 is 0.271 bits per heavy atom. The summed E-state index contributed by atoms with van der Waals surface area (Å²) in [5, 5.41) is 41.3. The van der Waals surface area contributed by atoms with Crippen LogP contribution in [0.25, 0.3) is 0 Å². The van der Waals surface area contributed by atoms with Crippen LogP contribution in [0.3, 0.4) is 0 Å². The van der Waals surface area contributed by atoms with Gasteiger partial charge >= 0.3 is 17.9 Å². The van der Waals surface area contributed by atoms with Gasteiger partial charge in [-0.2, -0.15) is 0 Å². The smallest absolute Gasteiger partial charge is 0.335 e. The van der Waals surface area contributed by atoms with Crippen LogP contribution in [-0.4, -0.2) is 38.3 Å². The van der Waals surface area contributed by atoms with Gasteiger partial charge in [-0.1, -0.05) is 204 Å². The van der Waals surface area contributed by atoms with E-state index in [9.17, 15) is 34.8 Å². The summed E-state index contributed by atoms with van der Waals surface area (Å²) in [6.07, 6.45) is 0. The van der Waals surface area contributed by atoms with Gasteiger partial charge in [0.15, 0.2) is 0 Å². The lowest BCUT2D eigenvalue weighted by Gasteiger charge is -2.36. The number of benzene rings is 7. The molecule has 7 rings (SSSR count). The summed E-state index contributed by atoms with van der Waals surface area (Å²) < 4.78 is 0. The topological polar surface area (TPSA) is 132 Å². The predicted octanol–water partition coefficient (Wildman–Crippen LogP) is 14.4. The quantitative estimate of drug-likeness (QED) is 0.0805. The lowest BCUT2D eigenvalue weighted by Crippen LogP contribution is -2.28. The molecular formula is C63H66O7. The Kier molecular flexibility index (Phi) is 13.2. The van der Waals surface area contributed by atoms with Crippen LogP contribution < -0.4 is 0 Å². The highest BCUT2D eigenvalue weighted by Gasteiger charge is 2.37. The van der Waals surface area contributed by atoms with Gasteiger partial charge in [-0.25, -0.2) is 14.4 Å². The van der Waals surface area contributed by atoms with Crippen molar-refractivity contribution < 1.29 is 34.8 Å². The number of aromatic carboxylic acids is 3. The second-order valence-corrected chi connectivity index (χ2v) is 22.0. The van der Waals surface area contributed by atoms with Crippen LogP contribution in [0, 0.1) is 0 Å². The number of phenolic OH excluding ortho intramolecular Hbond substituents is 1. The maximum atomic E-state index is 12.8. The Bertz CT molecular complexity index is 2910. The summed E-state index contributed by atoms with van der Waals surface area (Å²) in [6.45, 7) is 25.9. The highest BCUT2D eigenvalue weighted by Crippen LogP contribution is 2.49. The first-order valence-electron chi connectivity index (χ1n) is 23.8. The monoisotopic (exact) mass is 934 g/mol. The van der Waals surface area contributed by atoms with E-state index in [1.165, 1.54) is 0 Å². The number of hydrogen-bond acceptors (Lipinski definition) is 4. The van der Waals surface area contributed by atoms with Crippen LogP contribution in [0.5, 0.6) is 5.75 Å². The van der Waals surface area contributed by atoms with Crippen molar-refractivity contribution in [2.24, 2.45) is 0 Å². The molecule has 7 aromatic carbocycles. The van der Waals surface area contributed by atoms with E-state index >= 15 is 0 Å². The zero-order chi connectivity index (χ0) is 51.4. The molecule has 0 aliphatic rings.